The van der Waals surface area contributed by atoms with Crippen molar-refractivity contribution in [2.24, 2.45) is 5.16 Å². The van der Waals surface area contributed by atoms with Crippen LogP contribution in [0, 0.1) is 11.3 Å². The second-order valence-electron chi connectivity index (χ2n) is 7.20. The van der Waals surface area contributed by atoms with Crippen LogP contribution in [0.15, 0.2) is 46.1 Å². The molecule has 1 aliphatic rings. The molecule has 0 fully saturated rings. The normalized spacial score (nSPS) is 14.0. The Hall–Kier alpha value is -3.66. The molecule has 0 spiro atoms. The Kier molecular flexibility index (Phi) is 5.48. The highest BCUT2D eigenvalue weighted by Gasteiger charge is 2.24. The van der Waals surface area contributed by atoms with Crippen molar-refractivity contribution in [3.8, 4) is 34.7 Å². The molecule has 0 atom stereocenters. The van der Waals surface area contributed by atoms with E-state index < -0.39 is 0 Å². The molecule has 1 aromatic heterocycles. The first-order valence-electron chi connectivity index (χ1n) is 9.97. The summed E-state index contributed by atoms with van der Waals surface area (Å²) in [7, 11) is 0. The van der Waals surface area contributed by atoms with Crippen LogP contribution < -0.4 is 4.74 Å². The molecule has 0 saturated heterocycles. The number of hydrogen-bond acceptors (Lipinski definition) is 7. The summed E-state index contributed by atoms with van der Waals surface area (Å²) in [4.78, 5) is 9.82. The van der Waals surface area contributed by atoms with E-state index in [0.29, 0.717) is 35.2 Å². The average molecular weight is 402 g/mol. The Labute approximate surface area is 174 Å². The van der Waals surface area contributed by atoms with Gasteiger partial charge in [-0.25, -0.2) is 0 Å². The summed E-state index contributed by atoms with van der Waals surface area (Å²) < 4.78 is 11.2. The van der Waals surface area contributed by atoms with E-state index in [0.717, 1.165) is 35.2 Å². The topological polar surface area (TPSA) is 93.5 Å². The van der Waals surface area contributed by atoms with Crippen LogP contribution in [0.5, 0.6) is 5.75 Å². The van der Waals surface area contributed by atoms with Gasteiger partial charge in [0.05, 0.1) is 17.4 Å². The predicted molar refractivity (Wildman–Crippen MR) is 112 cm³/mol. The van der Waals surface area contributed by atoms with E-state index in [9.17, 15) is 5.26 Å². The minimum Gasteiger partial charge on any atom is -0.490 e. The van der Waals surface area contributed by atoms with Gasteiger partial charge in [-0.15, -0.1) is 0 Å². The van der Waals surface area contributed by atoms with E-state index in [2.05, 4.69) is 21.4 Å². The van der Waals surface area contributed by atoms with E-state index in [1.165, 1.54) is 0 Å². The van der Waals surface area contributed by atoms with Gasteiger partial charge in [0.2, 0.25) is 5.82 Å². The van der Waals surface area contributed by atoms with Gasteiger partial charge in [0.1, 0.15) is 18.4 Å². The average Bonchev–Trinajstić information content (AvgIpc) is 3.39. The summed E-state index contributed by atoms with van der Waals surface area (Å²) in [6.45, 7) is 6.29. The number of nitrogens with zero attached hydrogens (tertiary/aromatic N) is 4. The molecule has 152 valence electrons. The minimum absolute atomic E-state index is 0.0192. The molecule has 0 bridgehead atoms. The van der Waals surface area contributed by atoms with Gasteiger partial charge in [-0.2, -0.15) is 10.2 Å². The van der Waals surface area contributed by atoms with Gasteiger partial charge in [-0.3, -0.25) is 0 Å². The largest absolute Gasteiger partial charge is 0.490 e. The lowest BCUT2D eigenvalue weighted by atomic mass is 10.0. The smallest absolute Gasteiger partial charge is 0.258 e. The molecule has 0 N–H and O–H groups in total. The third-order valence-corrected chi connectivity index (χ3v) is 4.78. The fourth-order valence-corrected chi connectivity index (χ4v) is 3.51. The van der Waals surface area contributed by atoms with Crippen LogP contribution >= 0.6 is 0 Å². The third kappa shape index (κ3) is 3.77. The molecule has 7 heteroatoms. The molecular formula is C23H22N4O3. The predicted octanol–water partition coefficient (Wildman–Crippen LogP) is 4.75. The Bertz CT molecular complexity index is 1140. The number of benzene rings is 2. The van der Waals surface area contributed by atoms with Crippen molar-refractivity contribution in [3.05, 3.63) is 53.1 Å². The highest BCUT2D eigenvalue weighted by molar-refractivity contribution is 6.05. The number of ether oxygens (including phenoxy) is 1. The zero-order chi connectivity index (χ0) is 21.1. The van der Waals surface area contributed by atoms with Crippen molar-refractivity contribution < 1.29 is 14.1 Å². The molecule has 4 rings (SSSR count). The number of rotatable bonds is 6. The number of hydrogen-bond donors (Lipinski definition) is 0. The summed E-state index contributed by atoms with van der Waals surface area (Å²) in [6, 6.07) is 13.4. The summed E-state index contributed by atoms with van der Waals surface area (Å²) in [6.07, 6.45) is 1.65. The van der Waals surface area contributed by atoms with E-state index in [1.807, 2.05) is 45.0 Å². The van der Waals surface area contributed by atoms with Crippen molar-refractivity contribution in [2.75, 3.05) is 6.61 Å². The lowest BCUT2D eigenvalue weighted by Crippen LogP contribution is -2.06. The zero-order valence-corrected chi connectivity index (χ0v) is 17.2. The van der Waals surface area contributed by atoms with Gasteiger partial charge < -0.3 is 14.1 Å². The van der Waals surface area contributed by atoms with Crippen LogP contribution in [0.25, 0.3) is 22.8 Å². The van der Waals surface area contributed by atoms with Gasteiger partial charge in [0, 0.05) is 16.7 Å². The molecule has 2 aromatic carbocycles. The maximum atomic E-state index is 9.46. The fourth-order valence-electron chi connectivity index (χ4n) is 3.51. The monoisotopic (exact) mass is 402 g/mol. The highest BCUT2D eigenvalue weighted by atomic mass is 16.6. The molecule has 0 radical (unpaired) electrons. The van der Waals surface area contributed by atoms with Crippen LogP contribution in [0.1, 0.15) is 43.9 Å². The number of aromatic nitrogens is 2. The van der Waals surface area contributed by atoms with Crippen LogP contribution in [-0.4, -0.2) is 28.6 Å². The van der Waals surface area contributed by atoms with Gasteiger partial charge in [0.25, 0.3) is 5.89 Å². The van der Waals surface area contributed by atoms with Crippen LogP contribution in [0.3, 0.4) is 0 Å². The molecule has 1 aliphatic carbocycles. The summed E-state index contributed by atoms with van der Waals surface area (Å²) in [5, 5.41) is 17.9. The Balaban J connectivity index is 1.67. The molecule has 3 aromatic rings. The maximum Gasteiger partial charge on any atom is 0.258 e. The number of nitriles is 1. The van der Waals surface area contributed by atoms with Crippen LogP contribution in [-0.2, 0) is 11.3 Å². The van der Waals surface area contributed by atoms with E-state index >= 15 is 0 Å². The maximum absolute atomic E-state index is 9.46. The fraction of sp³-hybridized carbons (Fsp3) is 0.304. The van der Waals surface area contributed by atoms with Crippen molar-refractivity contribution >= 4 is 5.71 Å². The second kappa shape index (κ2) is 8.37. The number of fused-ring (bicyclic) bond motifs is 1. The first-order chi connectivity index (χ1) is 14.6. The summed E-state index contributed by atoms with van der Waals surface area (Å²) in [5.74, 6) is 1.41. The quantitative estimate of drug-likeness (QED) is 0.552. The van der Waals surface area contributed by atoms with Crippen molar-refractivity contribution in [1.82, 2.24) is 10.1 Å². The number of oxime groups is 1. The molecular weight excluding hydrogens is 380 g/mol. The van der Waals surface area contributed by atoms with E-state index in [4.69, 9.17) is 14.1 Å². The minimum atomic E-state index is -0.0192. The molecule has 0 saturated carbocycles. The van der Waals surface area contributed by atoms with Crippen molar-refractivity contribution in [2.45, 2.75) is 39.7 Å². The van der Waals surface area contributed by atoms with Crippen molar-refractivity contribution in [1.29, 1.82) is 5.26 Å². The second-order valence-corrected chi connectivity index (χ2v) is 7.20. The molecule has 0 amide bonds. The molecule has 0 unspecified atom stereocenters. The van der Waals surface area contributed by atoms with Gasteiger partial charge in [-0.05, 0) is 57.4 Å². The molecule has 1 heterocycles. The Morgan fingerprint density at radius 2 is 2.03 bits per heavy atom. The lowest BCUT2D eigenvalue weighted by Gasteiger charge is -2.11. The molecule has 30 heavy (non-hydrogen) atoms. The van der Waals surface area contributed by atoms with Gasteiger partial charge >= 0.3 is 0 Å². The highest BCUT2D eigenvalue weighted by Crippen LogP contribution is 2.33. The third-order valence-electron chi connectivity index (χ3n) is 4.78. The molecule has 0 aliphatic heterocycles. The Morgan fingerprint density at radius 3 is 2.80 bits per heavy atom. The van der Waals surface area contributed by atoms with Gasteiger partial charge in [-0.1, -0.05) is 28.5 Å². The van der Waals surface area contributed by atoms with Crippen LogP contribution in [0.2, 0.25) is 0 Å². The van der Waals surface area contributed by atoms with E-state index in [1.54, 1.807) is 12.1 Å². The molecule has 7 nitrogen and oxygen atoms in total. The van der Waals surface area contributed by atoms with Crippen LogP contribution in [0.4, 0.5) is 0 Å². The van der Waals surface area contributed by atoms with E-state index in [-0.39, 0.29) is 6.10 Å². The summed E-state index contributed by atoms with van der Waals surface area (Å²) in [5.41, 5.74) is 5.17. The SMILES string of the molecule is CCO/N=C1/CCc2c1cccc2-c1noc(-c2ccc(OC(C)C)c(C#N)c2)n1. The lowest BCUT2D eigenvalue weighted by molar-refractivity contribution is 0.158. The first kappa shape index (κ1) is 19.6. The Morgan fingerprint density at radius 1 is 1.20 bits per heavy atom. The van der Waals surface area contributed by atoms with Crippen molar-refractivity contribution in [3.63, 3.8) is 0 Å². The van der Waals surface area contributed by atoms with Gasteiger partial charge in [0.15, 0.2) is 0 Å². The summed E-state index contributed by atoms with van der Waals surface area (Å²) >= 11 is 0. The first-order valence-corrected chi connectivity index (χ1v) is 9.97. The standard InChI is InChI=1S/C23H22N4O3/c1-4-28-26-20-10-9-17-18(20)6-5-7-19(17)22-25-23(30-27-22)15-8-11-21(29-14(2)3)16(12-15)13-24/h5-8,11-12,14H,4,9-10H2,1-3H3/b26-20-. The zero-order valence-electron chi connectivity index (χ0n) is 17.2.